The molecule has 0 aliphatic rings. The van der Waals surface area contributed by atoms with E-state index in [1.54, 1.807) is 24.3 Å². The van der Waals surface area contributed by atoms with Gasteiger partial charge in [-0.25, -0.2) is 5.43 Å². The minimum atomic E-state index is -0.301. The Labute approximate surface area is 152 Å². The molecule has 0 spiro atoms. The van der Waals surface area contributed by atoms with Gasteiger partial charge in [-0.15, -0.1) is 0 Å². The third-order valence-electron chi connectivity index (χ3n) is 2.55. The van der Waals surface area contributed by atoms with Crippen molar-refractivity contribution in [3.05, 3.63) is 60.0 Å². The number of nitrogens with one attached hydrogen (secondary N) is 1. The minimum Gasteiger partial charge on any atom is -0.506 e. The van der Waals surface area contributed by atoms with Crippen LogP contribution in [0.1, 0.15) is 15.9 Å². The molecule has 0 saturated carbocycles. The molecular formula is C14H9Br2IN2O2. The topological polar surface area (TPSA) is 61.7 Å². The molecule has 0 aromatic heterocycles. The van der Waals surface area contributed by atoms with E-state index in [1.807, 2.05) is 12.1 Å². The van der Waals surface area contributed by atoms with Gasteiger partial charge in [0.2, 0.25) is 0 Å². The highest BCUT2D eigenvalue weighted by Crippen LogP contribution is 2.30. The summed E-state index contributed by atoms with van der Waals surface area (Å²) >= 11 is 8.64. The first-order valence-corrected chi connectivity index (χ1v) is 8.41. The Hall–Kier alpha value is -0.930. The molecule has 2 aromatic rings. The molecule has 0 aliphatic heterocycles. The molecule has 2 rings (SSSR count). The second kappa shape index (κ2) is 7.37. The smallest absolute Gasteiger partial charge is 0.272 e. The Morgan fingerprint density at radius 3 is 2.71 bits per heavy atom. The Bertz CT molecular complexity index is 720. The van der Waals surface area contributed by atoms with E-state index >= 15 is 0 Å². The average Bonchev–Trinajstić information content (AvgIpc) is 2.44. The van der Waals surface area contributed by atoms with Crippen LogP contribution >= 0.6 is 54.5 Å². The van der Waals surface area contributed by atoms with Crippen molar-refractivity contribution < 1.29 is 9.90 Å². The average molecular weight is 524 g/mol. The maximum atomic E-state index is 12.0. The van der Waals surface area contributed by atoms with Crippen molar-refractivity contribution in [3.8, 4) is 5.75 Å². The molecule has 0 atom stereocenters. The molecule has 7 heteroatoms. The van der Waals surface area contributed by atoms with Crippen LogP contribution in [0.25, 0.3) is 0 Å². The number of phenols is 1. The summed E-state index contributed by atoms with van der Waals surface area (Å²) < 4.78 is 2.18. The molecule has 0 bridgehead atoms. The second-order valence-corrected chi connectivity index (χ2v) is 6.94. The number of hydrazone groups is 1. The number of carbonyl (C=O) groups excluding carboxylic acids is 1. The van der Waals surface area contributed by atoms with E-state index in [0.29, 0.717) is 15.6 Å². The second-order valence-electron chi connectivity index (χ2n) is 4.00. The summed E-state index contributed by atoms with van der Waals surface area (Å²) in [6, 6.07) is 10.6. The third-order valence-corrected chi connectivity index (χ3v) is 4.55. The van der Waals surface area contributed by atoms with Crippen LogP contribution in [0.5, 0.6) is 5.75 Å². The van der Waals surface area contributed by atoms with E-state index in [9.17, 15) is 9.90 Å². The van der Waals surface area contributed by atoms with Gasteiger partial charge in [0, 0.05) is 13.6 Å². The van der Waals surface area contributed by atoms with Crippen molar-refractivity contribution in [2.75, 3.05) is 0 Å². The standard InChI is InChI=1S/C14H9Br2IN2O2/c15-9-5-8(13(20)11(16)6-9)7-18-19-14(21)10-3-1-2-4-12(10)17/h1-7,20H,(H,19,21). The maximum absolute atomic E-state index is 12.0. The van der Waals surface area contributed by atoms with Crippen molar-refractivity contribution in [1.29, 1.82) is 0 Å². The van der Waals surface area contributed by atoms with Crippen molar-refractivity contribution in [3.63, 3.8) is 0 Å². The highest BCUT2D eigenvalue weighted by Gasteiger charge is 2.08. The zero-order valence-corrected chi connectivity index (χ0v) is 15.8. The van der Waals surface area contributed by atoms with Crippen LogP contribution in [0, 0.1) is 3.57 Å². The molecule has 0 heterocycles. The van der Waals surface area contributed by atoms with Gasteiger partial charge in [-0.05, 0) is 62.8 Å². The molecule has 0 saturated heterocycles. The first-order valence-electron chi connectivity index (χ1n) is 5.75. The molecule has 2 aromatic carbocycles. The highest BCUT2D eigenvalue weighted by molar-refractivity contribution is 14.1. The van der Waals surface area contributed by atoms with Crippen LogP contribution in [0.15, 0.2) is 50.4 Å². The van der Waals surface area contributed by atoms with E-state index in [0.717, 1.165) is 8.04 Å². The van der Waals surface area contributed by atoms with Crippen molar-refractivity contribution >= 4 is 66.6 Å². The predicted octanol–water partition coefficient (Wildman–Crippen LogP) is 4.29. The number of amides is 1. The molecule has 2 N–H and O–H groups in total. The van der Waals surface area contributed by atoms with Gasteiger partial charge < -0.3 is 5.11 Å². The fourth-order valence-electron chi connectivity index (χ4n) is 1.55. The summed E-state index contributed by atoms with van der Waals surface area (Å²) in [5, 5.41) is 13.7. The fourth-order valence-corrected chi connectivity index (χ4v) is 3.44. The van der Waals surface area contributed by atoms with Gasteiger partial charge in [0.25, 0.3) is 5.91 Å². The summed E-state index contributed by atoms with van der Waals surface area (Å²) in [4.78, 5) is 12.0. The molecule has 108 valence electrons. The van der Waals surface area contributed by atoms with Gasteiger partial charge in [0.1, 0.15) is 5.75 Å². The zero-order valence-electron chi connectivity index (χ0n) is 10.5. The van der Waals surface area contributed by atoms with Gasteiger partial charge in [-0.1, -0.05) is 28.1 Å². The maximum Gasteiger partial charge on any atom is 0.272 e. The van der Waals surface area contributed by atoms with Crippen LogP contribution in [0.2, 0.25) is 0 Å². The van der Waals surface area contributed by atoms with E-state index in [1.165, 1.54) is 6.21 Å². The third kappa shape index (κ3) is 4.27. The number of rotatable bonds is 3. The van der Waals surface area contributed by atoms with E-state index in [-0.39, 0.29) is 11.7 Å². The lowest BCUT2D eigenvalue weighted by atomic mass is 10.2. The number of phenolic OH excluding ortho intramolecular Hbond substituents is 1. The first-order chi connectivity index (χ1) is 9.99. The Balaban J connectivity index is 2.13. The zero-order chi connectivity index (χ0) is 15.4. The van der Waals surface area contributed by atoms with Gasteiger partial charge in [0.05, 0.1) is 16.3 Å². The number of benzene rings is 2. The number of nitrogens with zero attached hydrogens (tertiary/aromatic N) is 1. The number of hydrogen-bond donors (Lipinski definition) is 2. The van der Waals surface area contributed by atoms with Crippen molar-refractivity contribution in [2.24, 2.45) is 5.10 Å². The van der Waals surface area contributed by atoms with Crippen molar-refractivity contribution in [2.45, 2.75) is 0 Å². The van der Waals surface area contributed by atoms with Gasteiger partial charge in [0.15, 0.2) is 0 Å². The van der Waals surface area contributed by atoms with Gasteiger partial charge in [-0.2, -0.15) is 5.10 Å². The van der Waals surface area contributed by atoms with Crippen molar-refractivity contribution in [1.82, 2.24) is 5.43 Å². The molecular weight excluding hydrogens is 515 g/mol. The fraction of sp³-hybridized carbons (Fsp3) is 0. The summed E-state index contributed by atoms with van der Waals surface area (Å²) in [7, 11) is 0. The number of aromatic hydroxyl groups is 1. The van der Waals surface area contributed by atoms with Crippen LogP contribution in [0.3, 0.4) is 0 Å². The molecule has 0 radical (unpaired) electrons. The van der Waals surface area contributed by atoms with Gasteiger partial charge >= 0.3 is 0 Å². The molecule has 0 unspecified atom stereocenters. The normalized spacial score (nSPS) is 10.8. The number of hydrogen-bond acceptors (Lipinski definition) is 3. The molecule has 4 nitrogen and oxygen atoms in total. The van der Waals surface area contributed by atoms with Crippen LogP contribution < -0.4 is 5.43 Å². The lowest BCUT2D eigenvalue weighted by molar-refractivity contribution is 0.0954. The minimum absolute atomic E-state index is 0.0606. The van der Waals surface area contributed by atoms with E-state index in [2.05, 4.69) is 65.0 Å². The number of halogens is 3. The molecule has 0 fully saturated rings. The van der Waals surface area contributed by atoms with Gasteiger partial charge in [-0.3, -0.25) is 4.79 Å². The molecule has 21 heavy (non-hydrogen) atoms. The first kappa shape index (κ1) is 16.4. The van der Waals surface area contributed by atoms with Crippen LogP contribution in [-0.4, -0.2) is 17.2 Å². The number of carbonyl (C=O) groups is 1. The van der Waals surface area contributed by atoms with Crippen LogP contribution in [-0.2, 0) is 0 Å². The lowest BCUT2D eigenvalue weighted by Gasteiger charge is -2.04. The summed E-state index contributed by atoms with van der Waals surface area (Å²) in [6.07, 6.45) is 1.39. The van der Waals surface area contributed by atoms with E-state index in [4.69, 9.17) is 0 Å². The quantitative estimate of drug-likeness (QED) is 0.358. The predicted molar refractivity (Wildman–Crippen MR) is 97.7 cm³/mol. The lowest BCUT2D eigenvalue weighted by Crippen LogP contribution is -2.18. The Morgan fingerprint density at radius 1 is 1.29 bits per heavy atom. The summed E-state index contributed by atoms with van der Waals surface area (Å²) in [5.74, 6) is -0.240. The summed E-state index contributed by atoms with van der Waals surface area (Å²) in [5.41, 5.74) is 3.47. The summed E-state index contributed by atoms with van der Waals surface area (Å²) in [6.45, 7) is 0. The Kier molecular flexibility index (Phi) is 5.77. The molecule has 1 amide bonds. The largest absolute Gasteiger partial charge is 0.506 e. The van der Waals surface area contributed by atoms with Crippen LogP contribution in [0.4, 0.5) is 0 Å². The SMILES string of the molecule is O=C(NN=Cc1cc(Br)cc(Br)c1O)c1ccccc1I. The molecule has 0 aliphatic carbocycles. The Morgan fingerprint density at radius 2 is 2.00 bits per heavy atom. The van der Waals surface area contributed by atoms with E-state index < -0.39 is 0 Å². The monoisotopic (exact) mass is 522 g/mol. The highest BCUT2D eigenvalue weighted by atomic mass is 127.